The maximum Gasteiger partial charge on any atom is 0.164 e. The van der Waals surface area contributed by atoms with E-state index >= 15 is 0 Å². The van der Waals surface area contributed by atoms with Crippen LogP contribution in [-0.2, 0) is 0 Å². The Morgan fingerprint density at radius 1 is 0.426 bits per heavy atom. The van der Waals surface area contributed by atoms with Crippen molar-refractivity contribution in [3.63, 3.8) is 0 Å². The van der Waals surface area contributed by atoms with Crippen molar-refractivity contribution in [2.24, 2.45) is 0 Å². The van der Waals surface area contributed by atoms with Gasteiger partial charge in [0.15, 0.2) is 28.6 Å². The van der Waals surface area contributed by atoms with Crippen molar-refractivity contribution in [3.8, 4) is 56.7 Å². The van der Waals surface area contributed by atoms with Gasteiger partial charge in [-0.15, -0.1) is 0 Å². The molecule has 0 saturated carbocycles. The fourth-order valence-corrected chi connectivity index (χ4v) is 6.06. The van der Waals surface area contributed by atoms with Crippen LogP contribution >= 0.6 is 0 Å². The zero-order valence-electron chi connectivity index (χ0n) is 24.9. The van der Waals surface area contributed by atoms with Crippen LogP contribution in [0.15, 0.2) is 151 Å². The molecule has 0 atom stereocenters. The largest absolute Gasteiger partial charge is 0.453 e. The molecule has 0 N–H and O–H groups in total. The van der Waals surface area contributed by atoms with Crippen LogP contribution in [0.5, 0.6) is 0 Å². The average molecular weight is 605 g/mol. The van der Waals surface area contributed by atoms with Crippen molar-refractivity contribution in [2.45, 2.75) is 0 Å². The summed E-state index contributed by atoms with van der Waals surface area (Å²) in [6, 6.07) is 40.6. The van der Waals surface area contributed by atoms with Gasteiger partial charge in [-0.1, -0.05) is 103 Å². The van der Waals surface area contributed by atoms with Gasteiger partial charge in [0.05, 0.1) is 23.8 Å². The van der Waals surface area contributed by atoms with Gasteiger partial charge in [0.2, 0.25) is 0 Å². The molecule has 0 aliphatic carbocycles. The zero-order chi connectivity index (χ0) is 31.2. The Bertz CT molecular complexity index is 2520. The number of aromatic nitrogens is 6. The zero-order valence-corrected chi connectivity index (χ0v) is 24.9. The molecule has 0 spiro atoms. The highest BCUT2D eigenvalue weighted by atomic mass is 16.3. The first kappa shape index (κ1) is 26.8. The summed E-state index contributed by atoms with van der Waals surface area (Å²) in [6.07, 6.45) is 7.20. The predicted molar refractivity (Wildman–Crippen MR) is 185 cm³/mol. The van der Waals surface area contributed by atoms with Crippen LogP contribution in [-0.4, -0.2) is 29.9 Å². The molecule has 220 valence electrons. The van der Waals surface area contributed by atoms with Crippen molar-refractivity contribution < 1.29 is 4.42 Å². The number of fused-ring (bicyclic) bond motifs is 4. The fourth-order valence-electron chi connectivity index (χ4n) is 6.06. The standard InChI is InChI=1S/C40H24N6O/c1-3-10-25(11-4-1)38-44-39(26-12-5-2-6-13-26)46-40(45-38)28-15-9-14-27(20-28)33-22-43-37(31-17-8-7-16-29(31)33)34-21-32-30-18-19-41-23-35(30)47-36(32)24-42-34/h1-24H. The number of benzene rings is 4. The Hall–Kier alpha value is -6.60. The Kier molecular flexibility index (Phi) is 6.31. The minimum absolute atomic E-state index is 0.605. The van der Waals surface area contributed by atoms with Gasteiger partial charge in [-0.3, -0.25) is 15.0 Å². The highest BCUT2D eigenvalue weighted by Crippen LogP contribution is 2.37. The van der Waals surface area contributed by atoms with E-state index in [2.05, 4.69) is 35.3 Å². The van der Waals surface area contributed by atoms with Crippen molar-refractivity contribution in [1.82, 2.24) is 29.9 Å². The minimum Gasteiger partial charge on any atom is -0.453 e. The summed E-state index contributed by atoms with van der Waals surface area (Å²) in [5.74, 6) is 1.86. The summed E-state index contributed by atoms with van der Waals surface area (Å²) in [5, 5.41) is 4.07. The normalized spacial score (nSPS) is 11.4. The number of hydrogen-bond acceptors (Lipinski definition) is 7. The monoisotopic (exact) mass is 604 g/mol. The van der Waals surface area contributed by atoms with Gasteiger partial charge in [-0.2, -0.15) is 0 Å². The van der Waals surface area contributed by atoms with Gasteiger partial charge >= 0.3 is 0 Å². The third-order valence-electron chi connectivity index (χ3n) is 8.33. The molecule has 0 aliphatic heterocycles. The van der Waals surface area contributed by atoms with Crippen molar-refractivity contribution in [3.05, 3.63) is 146 Å². The molecule has 0 bridgehead atoms. The maximum absolute atomic E-state index is 5.96. The van der Waals surface area contributed by atoms with E-state index in [1.165, 1.54) is 0 Å². The number of rotatable bonds is 5. The van der Waals surface area contributed by atoms with Crippen LogP contribution in [0.4, 0.5) is 0 Å². The van der Waals surface area contributed by atoms with Crippen molar-refractivity contribution in [2.75, 3.05) is 0 Å². The third kappa shape index (κ3) is 4.78. The van der Waals surface area contributed by atoms with E-state index < -0.39 is 0 Å². The molecule has 0 unspecified atom stereocenters. The molecule has 47 heavy (non-hydrogen) atoms. The molecule has 7 heteroatoms. The van der Waals surface area contributed by atoms with Crippen molar-refractivity contribution in [1.29, 1.82) is 0 Å². The lowest BCUT2D eigenvalue weighted by molar-refractivity contribution is 0.665. The number of furan rings is 1. The lowest BCUT2D eigenvalue weighted by Gasteiger charge is -2.12. The smallest absolute Gasteiger partial charge is 0.164 e. The van der Waals surface area contributed by atoms with Crippen LogP contribution in [0.1, 0.15) is 0 Å². The summed E-state index contributed by atoms with van der Waals surface area (Å²) >= 11 is 0. The first-order valence-electron chi connectivity index (χ1n) is 15.3. The van der Waals surface area contributed by atoms with E-state index in [4.69, 9.17) is 29.3 Å². The summed E-state index contributed by atoms with van der Waals surface area (Å²) in [4.78, 5) is 28.6. The molecule has 0 aliphatic rings. The highest BCUT2D eigenvalue weighted by molar-refractivity contribution is 6.07. The van der Waals surface area contributed by atoms with Crippen LogP contribution in [0.25, 0.3) is 89.4 Å². The highest BCUT2D eigenvalue weighted by Gasteiger charge is 2.17. The topological polar surface area (TPSA) is 90.5 Å². The summed E-state index contributed by atoms with van der Waals surface area (Å²) < 4.78 is 5.96. The lowest BCUT2D eigenvalue weighted by Crippen LogP contribution is -2.00. The second kappa shape index (κ2) is 11.1. The Labute approximate surface area is 269 Å². The van der Waals surface area contributed by atoms with E-state index in [-0.39, 0.29) is 0 Å². The van der Waals surface area contributed by atoms with Crippen LogP contribution in [0.2, 0.25) is 0 Å². The van der Waals surface area contributed by atoms with E-state index in [1.807, 2.05) is 97.2 Å². The number of nitrogens with zero attached hydrogens (tertiary/aromatic N) is 6. The van der Waals surface area contributed by atoms with Gasteiger partial charge in [-0.25, -0.2) is 15.0 Å². The van der Waals surface area contributed by atoms with E-state index in [9.17, 15) is 0 Å². The molecular formula is C40H24N6O. The van der Waals surface area contributed by atoms with Crippen molar-refractivity contribution >= 4 is 32.7 Å². The van der Waals surface area contributed by atoms with Crippen LogP contribution < -0.4 is 0 Å². The quantitative estimate of drug-likeness (QED) is 0.193. The second-order valence-corrected chi connectivity index (χ2v) is 11.2. The second-order valence-electron chi connectivity index (χ2n) is 11.2. The fraction of sp³-hybridized carbons (Fsp3) is 0. The minimum atomic E-state index is 0.605. The summed E-state index contributed by atoms with van der Waals surface area (Å²) in [6.45, 7) is 0. The number of hydrogen-bond donors (Lipinski definition) is 0. The van der Waals surface area contributed by atoms with Gasteiger partial charge in [0, 0.05) is 50.8 Å². The molecule has 0 amide bonds. The third-order valence-corrected chi connectivity index (χ3v) is 8.33. The molecule has 9 aromatic rings. The van der Waals surface area contributed by atoms with Gasteiger partial charge in [-0.05, 0) is 29.1 Å². The molecule has 7 nitrogen and oxygen atoms in total. The Morgan fingerprint density at radius 3 is 1.79 bits per heavy atom. The Balaban J connectivity index is 1.17. The molecule has 0 radical (unpaired) electrons. The summed E-state index contributed by atoms with van der Waals surface area (Å²) in [7, 11) is 0. The maximum atomic E-state index is 5.96. The molecule has 0 saturated heterocycles. The van der Waals surface area contributed by atoms with Gasteiger partial charge in [0.25, 0.3) is 0 Å². The van der Waals surface area contributed by atoms with Gasteiger partial charge < -0.3 is 4.42 Å². The van der Waals surface area contributed by atoms with E-state index in [0.29, 0.717) is 17.5 Å². The van der Waals surface area contributed by atoms with Gasteiger partial charge in [0.1, 0.15) is 0 Å². The number of pyridine rings is 3. The first-order valence-corrected chi connectivity index (χ1v) is 15.3. The molecule has 0 fully saturated rings. The molecule has 9 rings (SSSR count). The first-order chi connectivity index (χ1) is 23.3. The summed E-state index contributed by atoms with van der Waals surface area (Å²) in [5.41, 5.74) is 7.82. The molecule has 5 aromatic heterocycles. The average Bonchev–Trinajstić information content (AvgIpc) is 3.53. The van der Waals surface area contributed by atoms with Crippen LogP contribution in [0, 0.1) is 0 Å². The molecular weight excluding hydrogens is 580 g/mol. The Morgan fingerprint density at radius 2 is 1.04 bits per heavy atom. The lowest BCUT2D eigenvalue weighted by atomic mass is 9.96. The predicted octanol–water partition coefficient (Wildman–Crippen LogP) is 9.44. The van der Waals surface area contributed by atoms with E-state index in [0.717, 1.165) is 71.9 Å². The van der Waals surface area contributed by atoms with Crippen LogP contribution in [0.3, 0.4) is 0 Å². The van der Waals surface area contributed by atoms with E-state index in [1.54, 1.807) is 18.6 Å². The SMILES string of the molecule is c1ccc(-c2nc(-c3ccccc3)nc(-c3cccc(-c4cnc(-c5cc6c(cn5)oc5cnccc56)c5ccccc45)c3)n2)cc1. The molecule has 5 heterocycles. The molecule has 4 aromatic carbocycles.